The third-order valence-corrected chi connectivity index (χ3v) is 4.50. The van der Waals surface area contributed by atoms with E-state index in [2.05, 4.69) is 13.0 Å². The Morgan fingerprint density at radius 3 is 2.14 bits per heavy atom. The molecule has 2 heteroatoms. The molecule has 0 saturated carbocycles. The SMILES string of the molecule is CCCC(=O)OC1=C[C@H](C)CCCCCCCCCCCC1. The second-order valence-corrected chi connectivity index (χ2v) is 6.91. The number of esters is 1. The Kier molecular flexibility index (Phi) is 11.1. The summed E-state index contributed by atoms with van der Waals surface area (Å²) < 4.78 is 5.61. The zero-order valence-electron chi connectivity index (χ0n) is 14.9. The van der Waals surface area contributed by atoms with Gasteiger partial charge in [-0.05, 0) is 31.3 Å². The summed E-state index contributed by atoms with van der Waals surface area (Å²) in [5, 5.41) is 0. The van der Waals surface area contributed by atoms with E-state index in [-0.39, 0.29) is 5.97 Å². The molecule has 0 bridgehead atoms. The van der Waals surface area contributed by atoms with Gasteiger partial charge in [0.05, 0.1) is 0 Å². The lowest BCUT2D eigenvalue weighted by molar-refractivity contribution is -0.139. The van der Waals surface area contributed by atoms with Crippen LogP contribution in [0.4, 0.5) is 0 Å². The molecule has 0 amide bonds. The van der Waals surface area contributed by atoms with E-state index in [4.69, 9.17) is 4.74 Å². The van der Waals surface area contributed by atoms with Crippen LogP contribution in [0.3, 0.4) is 0 Å². The number of allylic oxidation sites excluding steroid dienone is 2. The van der Waals surface area contributed by atoms with E-state index >= 15 is 0 Å². The van der Waals surface area contributed by atoms with E-state index in [9.17, 15) is 4.79 Å². The Balaban J connectivity index is 2.52. The third kappa shape index (κ3) is 10.0. The van der Waals surface area contributed by atoms with E-state index < -0.39 is 0 Å². The minimum absolute atomic E-state index is 0.0566. The van der Waals surface area contributed by atoms with Gasteiger partial charge >= 0.3 is 5.97 Å². The summed E-state index contributed by atoms with van der Waals surface area (Å²) in [5.41, 5.74) is 0. The summed E-state index contributed by atoms with van der Waals surface area (Å²) in [7, 11) is 0. The molecule has 1 aliphatic carbocycles. The number of hydrogen-bond acceptors (Lipinski definition) is 2. The summed E-state index contributed by atoms with van der Waals surface area (Å²) in [4.78, 5) is 11.8. The van der Waals surface area contributed by atoms with E-state index in [1.54, 1.807) is 0 Å². The van der Waals surface area contributed by atoms with Crippen molar-refractivity contribution in [2.75, 3.05) is 0 Å². The fourth-order valence-electron chi connectivity index (χ4n) is 3.15. The standard InChI is InChI=1S/C20H36O2/c1-3-14-20(21)22-19-16-13-11-9-7-5-4-6-8-10-12-15-18(2)17-19/h17-18H,3-16H2,1-2H3/t18-/m1/s1. The van der Waals surface area contributed by atoms with E-state index in [0.29, 0.717) is 12.3 Å². The van der Waals surface area contributed by atoms with Crippen LogP contribution in [0.5, 0.6) is 0 Å². The normalized spacial score (nSPS) is 23.0. The Hall–Kier alpha value is -0.790. The van der Waals surface area contributed by atoms with Crippen LogP contribution in [0, 0.1) is 5.92 Å². The molecular formula is C20H36O2. The third-order valence-electron chi connectivity index (χ3n) is 4.50. The monoisotopic (exact) mass is 308 g/mol. The summed E-state index contributed by atoms with van der Waals surface area (Å²) in [5.74, 6) is 1.40. The smallest absolute Gasteiger partial charge is 0.310 e. The highest BCUT2D eigenvalue weighted by Gasteiger charge is 2.09. The van der Waals surface area contributed by atoms with Crippen molar-refractivity contribution in [3.05, 3.63) is 11.8 Å². The summed E-state index contributed by atoms with van der Waals surface area (Å²) in [6.07, 6.45) is 19.1. The van der Waals surface area contributed by atoms with Gasteiger partial charge in [0, 0.05) is 12.8 Å². The number of carbonyl (C=O) groups is 1. The van der Waals surface area contributed by atoms with Crippen LogP contribution in [0.25, 0.3) is 0 Å². The van der Waals surface area contributed by atoms with Gasteiger partial charge in [-0.2, -0.15) is 0 Å². The maximum Gasteiger partial charge on any atom is 0.310 e. The van der Waals surface area contributed by atoms with Crippen LogP contribution in [0.1, 0.15) is 104 Å². The first-order valence-electron chi connectivity index (χ1n) is 9.63. The van der Waals surface area contributed by atoms with E-state index in [1.807, 2.05) is 6.92 Å². The highest BCUT2D eigenvalue weighted by Crippen LogP contribution is 2.20. The van der Waals surface area contributed by atoms with Gasteiger partial charge in [0.1, 0.15) is 5.76 Å². The maximum absolute atomic E-state index is 11.8. The zero-order chi connectivity index (χ0) is 16.0. The Bertz CT molecular complexity index is 320. The van der Waals surface area contributed by atoms with E-state index in [0.717, 1.165) is 25.0 Å². The van der Waals surface area contributed by atoms with Gasteiger partial charge < -0.3 is 4.74 Å². The molecule has 0 heterocycles. The van der Waals surface area contributed by atoms with Crippen LogP contribution in [-0.2, 0) is 9.53 Å². The predicted molar refractivity (Wildman–Crippen MR) is 93.7 cm³/mol. The molecular weight excluding hydrogens is 272 g/mol. The molecule has 1 aliphatic rings. The summed E-state index contributed by atoms with van der Waals surface area (Å²) in [6, 6.07) is 0. The second-order valence-electron chi connectivity index (χ2n) is 6.91. The van der Waals surface area contributed by atoms with Gasteiger partial charge in [-0.15, -0.1) is 0 Å². The lowest BCUT2D eigenvalue weighted by Gasteiger charge is -2.12. The number of carbonyl (C=O) groups excluding carboxylic acids is 1. The molecule has 0 aromatic carbocycles. The van der Waals surface area contributed by atoms with Crippen molar-refractivity contribution in [1.29, 1.82) is 0 Å². The molecule has 0 aromatic heterocycles. The molecule has 22 heavy (non-hydrogen) atoms. The predicted octanol–water partition coefficient (Wildman–Crippen LogP) is 6.54. The average Bonchev–Trinajstić information content (AvgIpc) is 2.48. The molecule has 1 atom stereocenters. The van der Waals surface area contributed by atoms with Gasteiger partial charge in [0.15, 0.2) is 0 Å². The van der Waals surface area contributed by atoms with Crippen LogP contribution >= 0.6 is 0 Å². The molecule has 0 aromatic rings. The van der Waals surface area contributed by atoms with Gasteiger partial charge in [-0.1, -0.05) is 71.6 Å². The Morgan fingerprint density at radius 2 is 1.55 bits per heavy atom. The van der Waals surface area contributed by atoms with Crippen LogP contribution < -0.4 is 0 Å². The van der Waals surface area contributed by atoms with Crippen molar-refractivity contribution in [3.63, 3.8) is 0 Å². The molecule has 128 valence electrons. The van der Waals surface area contributed by atoms with Gasteiger partial charge in [-0.3, -0.25) is 4.79 Å². The topological polar surface area (TPSA) is 26.3 Å². The van der Waals surface area contributed by atoms with Crippen molar-refractivity contribution < 1.29 is 9.53 Å². The second kappa shape index (κ2) is 12.7. The maximum atomic E-state index is 11.8. The van der Waals surface area contributed by atoms with Crippen molar-refractivity contribution in [2.24, 2.45) is 5.92 Å². The molecule has 2 nitrogen and oxygen atoms in total. The first-order chi connectivity index (χ1) is 10.7. The average molecular weight is 309 g/mol. The van der Waals surface area contributed by atoms with Crippen molar-refractivity contribution >= 4 is 5.97 Å². The summed E-state index contributed by atoms with van der Waals surface area (Å²) >= 11 is 0. The molecule has 0 fully saturated rings. The first-order valence-corrected chi connectivity index (χ1v) is 9.63. The number of hydrogen-bond donors (Lipinski definition) is 0. The van der Waals surface area contributed by atoms with Crippen molar-refractivity contribution in [1.82, 2.24) is 0 Å². The molecule has 0 N–H and O–H groups in total. The minimum atomic E-state index is -0.0566. The fraction of sp³-hybridized carbons (Fsp3) is 0.850. The number of rotatable bonds is 3. The van der Waals surface area contributed by atoms with E-state index in [1.165, 1.54) is 64.2 Å². The summed E-state index contributed by atoms with van der Waals surface area (Å²) in [6.45, 7) is 4.28. The molecule has 1 rings (SSSR count). The lowest BCUT2D eigenvalue weighted by atomic mass is 10.0. The highest BCUT2D eigenvalue weighted by molar-refractivity contribution is 5.70. The molecule has 0 unspecified atom stereocenters. The molecule has 0 saturated heterocycles. The van der Waals surface area contributed by atoms with Gasteiger partial charge in [-0.25, -0.2) is 0 Å². The molecule has 0 spiro atoms. The Labute approximate surface area is 137 Å². The quantitative estimate of drug-likeness (QED) is 0.553. The van der Waals surface area contributed by atoms with Gasteiger partial charge in [0.25, 0.3) is 0 Å². The minimum Gasteiger partial charge on any atom is -0.431 e. The van der Waals surface area contributed by atoms with Gasteiger partial charge in [0.2, 0.25) is 0 Å². The van der Waals surface area contributed by atoms with Crippen LogP contribution in [-0.4, -0.2) is 5.97 Å². The highest BCUT2D eigenvalue weighted by atomic mass is 16.5. The van der Waals surface area contributed by atoms with Crippen molar-refractivity contribution in [3.8, 4) is 0 Å². The largest absolute Gasteiger partial charge is 0.431 e. The van der Waals surface area contributed by atoms with Crippen LogP contribution in [0.2, 0.25) is 0 Å². The number of ether oxygens (including phenoxy) is 1. The van der Waals surface area contributed by atoms with Crippen molar-refractivity contribution in [2.45, 2.75) is 104 Å². The Morgan fingerprint density at radius 1 is 1.00 bits per heavy atom. The molecule has 0 radical (unpaired) electrons. The van der Waals surface area contributed by atoms with Crippen LogP contribution in [0.15, 0.2) is 11.8 Å². The lowest BCUT2D eigenvalue weighted by Crippen LogP contribution is -2.05. The first kappa shape index (κ1) is 19.3. The zero-order valence-corrected chi connectivity index (χ0v) is 14.9. The fourth-order valence-corrected chi connectivity index (χ4v) is 3.15. The molecule has 0 aliphatic heterocycles.